The van der Waals surface area contributed by atoms with Gasteiger partial charge in [0.2, 0.25) is 5.91 Å². The Bertz CT molecular complexity index is 532. The van der Waals surface area contributed by atoms with E-state index in [9.17, 15) is 23.1 Å². The lowest BCUT2D eigenvalue weighted by atomic mass is 9.89. The summed E-state index contributed by atoms with van der Waals surface area (Å²) in [6.07, 6.45) is -0.777. The van der Waals surface area contributed by atoms with Gasteiger partial charge < -0.3 is 15.4 Å². The van der Waals surface area contributed by atoms with Crippen LogP contribution in [0.1, 0.15) is 25.1 Å². The Morgan fingerprint density at radius 2 is 2.23 bits per heavy atom. The molecule has 0 radical (unpaired) electrons. The normalized spacial score (nSPS) is 23.6. The van der Waals surface area contributed by atoms with Crippen LogP contribution in [-0.2, 0) is 17.9 Å². The van der Waals surface area contributed by atoms with Crippen molar-refractivity contribution in [1.29, 1.82) is 0 Å². The van der Waals surface area contributed by atoms with E-state index in [1.807, 2.05) is 0 Å². The number of hydrogen-bond donors (Lipinski definition) is 2. The fourth-order valence-corrected chi connectivity index (χ4v) is 2.84. The maximum absolute atomic E-state index is 12.5. The van der Waals surface area contributed by atoms with Gasteiger partial charge in [-0.2, -0.15) is 13.2 Å². The molecule has 124 valence electrons. The first-order chi connectivity index (χ1) is 10.2. The molecule has 1 fully saturated rings. The summed E-state index contributed by atoms with van der Waals surface area (Å²) in [6.45, 7) is -0.0966. The topological polar surface area (TPSA) is 84.4 Å². The molecule has 2 rings (SSSR count). The SMILES string of the molecule is NC(=O)CC1(O)CCCN(Cc2nccn2CC(F)(F)F)C1. The highest BCUT2D eigenvalue weighted by Crippen LogP contribution is 2.26. The number of β-amino-alcohol motifs (C(OH)–C–C–N with tert-alkyl or cyclic N) is 1. The van der Waals surface area contributed by atoms with Crippen LogP contribution in [0.25, 0.3) is 0 Å². The Balaban J connectivity index is 2.02. The number of rotatable bonds is 5. The summed E-state index contributed by atoms with van der Waals surface area (Å²) < 4.78 is 38.5. The van der Waals surface area contributed by atoms with Gasteiger partial charge in [-0.3, -0.25) is 9.69 Å². The van der Waals surface area contributed by atoms with Crippen LogP contribution in [-0.4, -0.2) is 50.3 Å². The molecule has 0 bridgehead atoms. The van der Waals surface area contributed by atoms with E-state index in [2.05, 4.69) is 4.98 Å². The highest BCUT2D eigenvalue weighted by atomic mass is 19.4. The van der Waals surface area contributed by atoms with Gasteiger partial charge in [0.15, 0.2) is 0 Å². The fourth-order valence-electron chi connectivity index (χ4n) is 2.84. The van der Waals surface area contributed by atoms with Crippen molar-refractivity contribution >= 4 is 5.91 Å². The monoisotopic (exact) mass is 320 g/mol. The zero-order valence-electron chi connectivity index (χ0n) is 12.0. The molecule has 22 heavy (non-hydrogen) atoms. The summed E-state index contributed by atoms with van der Waals surface area (Å²) in [6, 6.07) is 0. The van der Waals surface area contributed by atoms with Crippen LogP contribution >= 0.6 is 0 Å². The molecule has 1 saturated heterocycles. The number of primary amides is 1. The zero-order chi connectivity index (χ0) is 16.4. The third kappa shape index (κ3) is 4.70. The number of imidazole rings is 1. The lowest BCUT2D eigenvalue weighted by Crippen LogP contribution is -2.49. The molecule has 2 heterocycles. The van der Waals surface area contributed by atoms with E-state index in [0.29, 0.717) is 19.4 Å². The highest BCUT2D eigenvalue weighted by Gasteiger charge is 2.35. The first kappa shape index (κ1) is 16.8. The van der Waals surface area contributed by atoms with Gasteiger partial charge in [-0.05, 0) is 19.4 Å². The van der Waals surface area contributed by atoms with Gasteiger partial charge >= 0.3 is 6.18 Å². The smallest absolute Gasteiger partial charge is 0.388 e. The molecule has 0 spiro atoms. The highest BCUT2D eigenvalue weighted by molar-refractivity contribution is 5.75. The second kappa shape index (κ2) is 6.25. The van der Waals surface area contributed by atoms with E-state index >= 15 is 0 Å². The minimum Gasteiger partial charge on any atom is -0.388 e. The quantitative estimate of drug-likeness (QED) is 0.834. The number of piperidine rings is 1. The van der Waals surface area contributed by atoms with Crippen LogP contribution < -0.4 is 5.73 Å². The van der Waals surface area contributed by atoms with Crippen LogP contribution in [0.5, 0.6) is 0 Å². The number of aromatic nitrogens is 2. The van der Waals surface area contributed by atoms with Crippen molar-refractivity contribution in [2.24, 2.45) is 5.73 Å². The van der Waals surface area contributed by atoms with E-state index < -0.39 is 24.2 Å². The van der Waals surface area contributed by atoms with E-state index in [1.165, 1.54) is 12.4 Å². The van der Waals surface area contributed by atoms with E-state index in [-0.39, 0.29) is 25.3 Å². The summed E-state index contributed by atoms with van der Waals surface area (Å²) in [4.78, 5) is 16.8. The van der Waals surface area contributed by atoms with Gasteiger partial charge in [-0.25, -0.2) is 4.98 Å². The van der Waals surface area contributed by atoms with Crippen LogP contribution in [0.15, 0.2) is 12.4 Å². The van der Waals surface area contributed by atoms with E-state index in [4.69, 9.17) is 5.73 Å². The predicted octanol–water partition coefficient (Wildman–Crippen LogP) is 0.648. The van der Waals surface area contributed by atoms with Gasteiger partial charge in [-0.1, -0.05) is 0 Å². The summed E-state index contributed by atoms with van der Waals surface area (Å²) in [5, 5.41) is 10.3. The molecule has 1 aromatic heterocycles. The van der Waals surface area contributed by atoms with Crippen LogP contribution in [0.4, 0.5) is 13.2 Å². The summed E-state index contributed by atoms with van der Waals surface area (Å²) in [7, 11) is 0. The molecule has 0 saturated carbocycles. The standard InChI is InChI=1S/C13H19F3N4O2/c14-13(15,16)9-20-5-3-18-11(20)7-19-4-1-2-12(22,8-19)6-10(17)21/h3,5,22H,1-2,4,6-9H2,(H2,17,21). The predicted molar refractivity (Wildman–Crippen MR) is 71.6 cm³/mol. The minimum absolute atomic E-state index is 0.152. The number of alkyl halides is 3. The maximum atomic E-state index is 12.5. The second-order valence-corrected chi connectivity index (χ2v) is 5.77. The van der Waals surface area contributed by atoms with Crippen molar-refractivity contribution in [1.82, 2.24) is 14.5 Å². The molecule has 3 N–H and O–H groups in total. The number of nitrogens with zero attached hydrogens (tertiary/aromatic N) is 3. The molecule has 1 atom stereocenters. The Kier molecular flexibility index (Phi) is 4.76. The van der Waals surface area contributed by atoms with Crippen molar-refractivity contribution in [3.8, 4) is 0 Å². The summed E-state index contributed by atoms with van der Waals surface area (Å²) >= 11 is 0. The third-order valence-electron chi connectivity index (χ3n) is 3.65. The molecule has 1 amide bonds. The summed E-state index contributed by atoms with van der Waals surface area (Å²) in [5.74, 6) is -0.316. The van der Waals surface area contributed by atoms with Crippen LogP contribution in [0.3, 0.4) is 0 Å². The molecule has 6 nitrogen and oxygen atoms in total. The molecule has 9 heteroatoms. The van der Waals surface area contributed by atoms with E-state index in [0.717, 1.165) is 4.57 Å². The van der Waals surface area contributed by atoms with Gasteiger partial charge in [0.25, 0.3) is 0 Å². The third-order valence-corrected chi connectivity index (χ3v) is 3.65. The maximum Gasteiger partial charge on any atom is 0.406 e. The molecule has 1 aliphatic rings. The zero-order valence-corrected chi connectivity index (χ0v) is 12.0. The molecule has 0 aliphatic carbocycles. The van der Waals surface area contributed by atoms with Crippen molar-refractivity contribution in [3.63, 3.8) is 0 Å². The van der Waals surface area contributed by atoms with Crippen LogP contribution in [0.2, 0.25) is 0 Å². The first-order valence-electron chi connectivity index (χ1n) is 6.97. The van der Waals surface area contributed by atoms with Crippen LogP contribution in [0, 0.1) is 0 Å². The molecular formula is C13H19F3N4O2. The molecule has 1 unspecified atom stereocenters. The average molecular weight is 320 g/mol. The number of aliphatic hydroxyl groups is 1. The molecule has 1 aromatic rings. The lowest BCUT2D eigenvalue weighted by Gasteiger charge is -2.38. The minimum atomic E-state index is -4.32. The number of carbonyl (C=O) groups excluding carboxylic acids is 1. The van der Waals surface area contributed by atoms with Crippen molar-refractivity contribution in [3.05, 3.63) is 18.2 Å². The lowest BCUT2D eigenvalue weighted by molar-refractivity contribution is -0.141. The Hall–Kier alpha value is -1.61. The molecular weight excluding hydrogens is 301 g/mol. The van der Waals surface area contributed by atoms with Gasteiger partial charge in [0, 0.05) is 18.9 Å². The Morgan fingerprint density at radius 3 is 2.86 bits per heavy atom. The fraction of sp³-hybridized carbons (Fsp3) is 0.692. The molecule has 0 aromatic carbocycles. The Labute approximate surface area is 125 Å². The number of nitrogens with two attached hydrogens (primary N) is 1. The number of hydrogen-bond acceptors (Lipinski definition) is 4. The summed E-state index contributed by atoms with van der Waals surface area (Å²) in [5.41, 5.74) is 3.91. The second-order valence-electron chi connectivity index (χ2n) is 5.77. The molecule has 1 aliphatic heterocycles. The van der Waals surface area contributed by atoms with Crippen molar-refractivity contribution in [2.75, 3.05) is 13.1 Å². The van der Waals surface area contributed by atoms with Gasteiger partial charge in [0.05, 0.1) is 18.6 Å². The number of halogens is 3. The van der Waals surface area contributed by atoms with Crippen molar-refractivity contribution < 1.29 is 23.1 Å². The van der Waals surface area contributed by atoms with Crippen molar-refractivity contribution in [2.45, 2.75) is 44.1 Å². The van der Waals surface area contributed by atoms with E-state index in [1.54, 1.807) is 4.90 Å². The number of likely N-dealkylation sites (tertiary alicyclic amines) is 1. The van der Waals surface area contributed by atoms with Gasteiger partial charge in [0.1, 0.15) is 12.4 Å². The first-order valence-corrected chi connectivity index (χ1v) is 6.97. The number of carbonyl (C=O) groups is 1. The largest absolute Gasteiger partial charge is 0.406 e. The Morgan fingerprint density at radius 1 is 1.50 bits per heavy atom. The average Bonchev–Trinajstić information content (AvgIpc) is 2.72. The van der Waals surface area contributed by atoms with Gasteiger partial charge in [-0.15, -0.1) is 0 Å². The number of amides is 1.